The summed E-state index contributed by atoms with van der Waals surface area (Å²) in [6.45, 7) is 4.11. The Morgan fingerprint density at radius 2 is 2.15 bits per heavy atom. The summed E-state index contributed by atoms with van der Waals surface area (Å²) >= 11 is 1.34. The van der Waals surface area contributed by atoms with Crippen LogP contribution in [0.5, 0.6) is 0 Å². The first-order chi connectivity index (χ1) is 9.61. The van der Waals surface area contributed by atoms with Crippen molar-refractivity contribution in [2.24, 2.45) is 11.7 Å². The van der Waals surface area contributed by atoms with Gasteiger partial charge in [-0.3, -0.25) is 0 Å². The molecule has 4 nitrogen and oxygen atoms in total. The number of nitrogens with zero attached hydrogens (tertiary/aromatic N) is 2. The van der Waals surface area contributed by atoms with Crippen LogP contribution in [0, 0.1) is 11.7 Å². The van der Waals surface area contributed by atoms with E-state index in [0.717, 1.165) is 6.42 Å². The van der Waals surface area contributed by atoms with Crippen LogP contribution in [0.2, 0.25) is 0 Å². The van der Waals surface area contributed by atoms with Crippen molar-refractivity contribution in [3.63, 3.8) is 0 Å². The van der Waals surface area contributed by atoms with Gasteiger partial charge >= 0.3 is 0 Å². The molecule has 0 amide bonds. The Morgan fingerprint density at radius 3 is 2.85 bits per heavy atom. The van der Waals surface area contributed by atoms with Gasteiger partial charge in [0.2, 0.25) is 5.89 Å². The molecule has 108 valence electrons. The molecule has 0 fully saturated rings. The van der Waals surface area contributed by atoms with E-state index in [1.165, 1.54) is 17.8 Å². The number of aromatic nitrogens is 2. The van der Waals surface area contributed by atoms with Crippen molar-refractivity contribution >= 4 is 11.8 Å². The van der Waals surface area contributed by atoms with Crippen molar-refractivity contribution in [2.75, 3.05) is 0 Å². The van der Waals surface area contributed by atoms with Crippen molar-refractivity contribution in [3.05, 3.63) is 41.8 Å². The van der Waals surface area contributed by atoms with E-state index in [0.29, 0.717) is 22.4 Å². The number of thioether (sulfide) groups is 1. The van der Waals surface area contributed by atoms with Crippen LogP contribution in [0.15, 0.2) is 33.7 Å². The van der Waals surface area contributed by atoms with E-state index in [1.54, 1.807) is 18.2 Å². The average molecular weight is 295 g/mol. The molecule has 0 aliphatic carbocycles. The summed E-state index contributed by atoms with van der Waals surface area (Å²) in [4.78, 5) is 4.85. The van der Waals surface area contributed by atoms with Crippen molar-refractivity contribution in [1.82, 2.24) is 10.1 Å². The zero-order chi connectivity index (χ0) is 14.5. The fraction of sp³-hybridized carbons (Fsp3) is 0.429. The number of rotatable bonds is 6. The normalized spacial score (nSPS) is 14.2. The molecule has 6 heteroatoms. The Kier molecular flexibility index (Phi) is 5.14. The molecule has 1 aromatic heterocycles. The predicted octanol–water partition coefficient (Wildman–Crippen LogP) is 3.55. The Morgan fingerprint density at radius 1 is 1.40 bits per heavy atom. The van der Waals surface area contributed by atoms with Gasteiger partial charge in [0.25, 0.3) is 0 Å². The van der Waals surface area contributed by atoms with E-state index in [4.69, 9.17) is 10.3 Å². The van der Waals surface area contributed by atoms with Crippen LogP contribution in [0.4, 0.5) is 4.39 Å². The highest BCUT2D eigenvalue weighted by Gasteiger charge is 2.20. The van der Waals surface area contributed by atoms with Gasteiger partial charge in [0, 0.05) is 4.90 Å². The van der Waals surface area contributed by atoms with Gasteiger partial charge in [0.05, 0.1) is 11.8 Å². The number of nitrogens with two attached hydrogens (primary N) is 1. The van der Waals surface area contributed by atoms with Crippen molar-refractivity contribution < 1.29 is 8.91 Å². The maximum atomic E-state index is 13.5. The Hall–Kier alpha value is -1.40. The molecule has 0 aliphatic rings. The van der Waals surface area contributed by atoms with Gasteiger partial charge in [-0.2, -0.15) is 4.98 Å². The van der Waals surface area contributed by atoms with E-state index >= 15 is 0 Å². The van der Waals surface area contributed by atoms with Crippen LogP contribution in [-0.2, 0) is 5.75 Å². The summed E-state index contributed by atoms with van der Waals surface area (Å²) in [6.07, 6.45) is 0.947. The Labute approximate surface area is 121 Å². The topological polar surface area (TPSA) is 64.9 Å². The predicted molar refractivity (Wildman–Crippen MR) is 76.6 cm³/mol. The molecule has 20 heavy (non-hydrogen) atoms. The van der Waals surface area contributed by atoms with Crippen molar-refractivity contribution in [2.45, 2.75) is 37.0 Å². The molecule has 0 radical (unpaired) electrons. The van der Waals surface area contributed by atoms with Crippen molar-refractivity contribution in [1.29, 1.82) is 0 Å². The quantitative estimate of drug-likeness (QED) is 0.826. The Bertz CT molecular complexity index is 561. The summed E-state index contributed by atoms with van der Waals surface area (Å²) in [7, 11) is 0. The molecule has 0 aliphatic heterocycles. The van der Waals surface area contributed by atoms with E-state index in [-0.39, 0.29) is 17.8 Å². The van der Waals surface area contributed by atoms with Gasteiger partial charge in [-0.05, 0) is 18.1 Å². The largest absolute Gasteiger partial charge is 0.338 e. The summed E-state index contributed by atoms with van der Waals surface area (Å²) in [5.41, 5.74) is 6.03. The lowest BCUT2D eigenvalue weighted by atomic mass is 10.0. The van der Waals surface area contributed by atoms with E-state index in [9.17, 15) is 4.39 Å². The molecule has 2 rings (SSSR count). The third-order valence-corrected chi connectivity index (χ3v) is 4.26. The molecule has 0 spiro atoms. The van der Waals surface area contributed by atoms with Gasteiger partial charge in [-0.1, -0.05) is 37.6 Å². The van der Waals surface area contributed by atoms with E-state index in [1.807, 2.05) is 6.92 Å². The zero-order valence-corrected chi connectivity index (χ0v) is 12.4. The van der Waals surface area contributed by atoms with Crippen LogP contribution in [0.1, 0.15) is 38.0 Å². The Balaban J connectivity index is 1.98. The average Bonchev–Trinajstić information content (AvgIpc) is 2.93. The molecule has 0 saturated heterocycles. The number of hydrogen-bond donors (Lipinski definition) is 1. The number of benzene rings is 1. The molecule has 2 aromatic rings. The van der Waals surface area contributed by atoms with Gasteiger partial charge in [-0.25, -0.2) is 4.39 Å². The minimum absolute atomic E-state index is 0.238. The van der Waals surface area contributed by atoms with Gasteiger partial charge < -0.3 is 10.3 Å². The molecule has 0 unspecified atom stereocenters. The fourth-order valence-electron chi connectivity index (χ4n) is 1.66. The maximum Gasteiger partial charge on any atom is 0.243 e. The number of halogens is 1. The molecule has 1 heterocycles. The zero-order valence-electron chi connectivity index (χ0n) is 11.5. The first-order valence-electron chi connectivity index (χ1n) is 6.57. The molecule has 2 N–H and O–H groups in total. The summed E-state index contributed by atoms with van der Waals surface area (Å²) in [5, 5.41) is 3.89. The number of hydrogen-bond acceptors (Lipinski definition) is 5. The molecule has 0 saturated carbocycles. The van der Waals surface area contributed by atoms with Crippen LogP contribution in [0.3, 0.4) is 0 Å². The standard InChI is InChI=1S/C14H18FN3OS/c1-3-9(2)13(16)14-17-12(18-19-14)8-20-11-7-5-4-6-10(11)15/h4-7,9,13H,3,8,16H2,1-2H3/t9-,13-/m0/s1. The monoisotopic (exact) mass is 295 g/mol. The van der Waals surface area contributed by atoms with E-state index in [2.05, 4.69) is 17.1 Å². The summed E-state index contributed by atoms with van der Waals surface area (Å²) < 4.78 is 18.6. The summed E-state index contributed by atoms with van der Waals surface area (Å²) in [6, 6.07) is 6.37. The first-order valence-corrected chi connectivity index (χ1v) is 7.55. The maximum absolute atomic E-state index is 13.5. The highest BCUT2D eigenvalue weighted by atomic mass is 32.2. The van der Waals surface area contributed by atoms with Crippen LogP contribution in [-0.4, -0.2) is 10.1 Å². The van der Waals surface area contributed by atoms with Crippen LogP contribution >= 0.6 is 11.8 Å². The molecule has 0 bridgehead atoms. The highest BCUT2D eigenvalue weighted by molar-refractivity contribution is 7.98. The molecule has 1 aromatic carbocycles. The highest BCUT2D eigenvalue weighted by Crippen LogP contribution is 2.25. The van der Waals surface area contributed by atoms with Gasteiger partial charge in [0.15, 0.2) is 5.82 Å². The first kappa shape index (κ1) is 15.0. The van der Waals surface area contributed by atoms with Gasteiger partial charge in [-0.15, -0.1) is 11.8 Å². The lowest BCUT2D eigenvalue weighted by Crippen LogP contribution is -2.18. The van der Waals surface area contributed by atoms with E-state index < -0.39 is 0 Å². The lowest BCUT2D eigenvalue weighted by Gasteiger charge is -2.12. The third kappa shape index (κ3) is 3.58. The molecular formula is C14H18FN3OS. The van der Waals surface area contributed by atoms with Crippen LogP contribution in [0.25, 0.3) is 0 Å². The minimum Gasteiger partial charge on any atom is -0.338 e. The third-order valence-electron chi connectivity index (χ3n) is 3.22. The second-order valence-corrected chi connectivity index (χ2v) is 5.70. The second-order valence-electron chi connectivity index (χ2n) is 4.68. The van der Waals surface area contributed by atoms with Crippen molar-refractivity contribution in [3.8, 4) is 0 Å². The van der Waals surface area contributed by atoms with Crippen LogP contribution < -0.4 is 5.73 Å². The van der Waals surface area contributed by atoms with Gasteiger partial charge in [0.1, 0.15) is 5.82 Å². The minimum atomic E-state index is -0.250. The lowest BCUT2D eigenvalue weighted by molar-refractivity contribution is 0.311. The SMILES string of the molecule is CC[C@H](C)[C@H](N)c1nc(CSc2ccccc2F)no1. The second kappa shape index (κ2) is 6.85. The molecular weight excluding hydrogens is 277 g/mol. The smallest absolute Gasteiger partial charge is 0.243 e. The molecule has 2 atom stereocenters. The fourth-order valence-corrected chi connectivity index (χ4v) is 2.45. The summed E-state index contributed by atoms with van der Waals surface area (Å²) in [5.74, 6) is 1.48.